The Hall–Kier alpha value is 0.510. The van der Waals surface area contributed by atoms with Gasteiger partial charge in [-0.3, -0.25) is 0 Å². The third-order valence-corrected chi connectivity index (χ3v) is 3.88. The van der Waals surface area contributed by atoms with Gasteiger partial charge >= 0.3 is 26.2 Å². The predicted octanol–water partition coefficient (Wildman–Crippen LogP) is -2.02. The summed E-state index contributed by atoms with van der Waals surface area (Å²) in [5.74, 6) is 0. The number of rotatable bonds is 2. The normalized spacial score (nSPS) is 10.1. The fourth-order valence-corrected chi connectivity index (χ4v) is 3.36. The van der Waals surface area contributed by atoms with Crippen molar-refractivity contribution in [2.24, 2.45) is 0 Å². The molecule has 0 spiro atoms. The van der Waals surface area contributed by atoms with Crippen LogP contribution >= 0.6 is 0 Å². The van der Waals surface area contributed by atoms with Crippen molar-refractivity contribution in [2.75, 3.05) is 0 Å². The van der Waals surface area contributed by atoms with Crippen molar-refractivity contribution in [1.82, 2.24) is 0 Å². The van der Waals surface area contributed by atoms with Gasteiger partial charge in [-0.05, 0) is 0 Å². The van der Waals surface area contributed by atoms with Crippen molar-refractivity contribution in [2.45, 2.75) is 25.7 Å². The monoisotopic (exact) mass is 361 g/mol. The van der Waals surface area contributed by atoms with Crippen LogP contribution in [0.5, 0.6) is 0 Å². The zero-order valence-electron chi connectivity index (χ0n) is 10.4. The Morgan fingerprint density at radius 1 is 1.06 bits per heavy atom. The van der Waals surface area contributed by atoms with E-state index in [-0.39, 0.29) is 51.0 Å². The van der Waals surface area contributed by atoms with Crippen molar-refractivity contribution < 1.29 is 51.0 Å². The zero-order valence-corrected chi connectivity index (χ0v) is 15.4. The molecule has 0 aliphatic rings. The van der Waals surface area contributed by atoms with E-state index in [0.717, 1.165) is 0 Å². The predicted molar refractivity (Wildman–Crippen MR) is 66.6 cm³/mol. The first kappa shape index (κ1) is 19.8. The maximum absolute atomic E-state index is 2.42. The first-order valence-electron chi connectivity index (χ1n) is 5.19. The molecular formula is C13H17Cl2SiZr. The van der Waals surface area contributed by atoms with Crippen LogP contribution < -0.4 is 24.8 Å². The van der Waals surface area contributed by atoms with E-state index in [4.69, 9.17) is 0 Å². The van der Waals surface area contributed by atoms with Crippen LogP contribution in [0.4, 0.5) is 0 Å². The van der Waals surface area contributed by atoms with Crippen LogP contribution in [0.25, 0.3) is 10.8 Å². The number of hydrogen-bond acceptors (Lipinski definition) is 0. The Morgan fingerprint density at radius 3 is 2.18 bits per heavy atom. The molecular weight excluding hydrogens is 346 g/mol. The average Bonchev–Trinajstić information content (AvgIpc) is 2.42. The van der Waals surface area contributed by atoms with E-state index < -0.39 is 8.07 Å². The molecule has 91 valence electrons. The van der Waals surface area contributed by atoms with E-state index >= 15 is 0 Å². The van der Waals surface area contributed by atoms with E-state index in [1.807, 2.05) is 0 Å². The molecule has 0 saturated carbocycles. The third-order valence-electron chi connectivity index (χ3n) is 2.41. The second kappa shape index (κ2) is 7.84. The van der Waals surface area contributed by atoms with Crippen LogP contribution in [0, 0.1) is 0 Å². The Balaban J connectivity index is 0. The molecule has 0 saturated heterocycles. The molecule has 0 atom stereocenters. The van der Waals surface area contributed by atoms with Crippen molar-refractivity contribution in [3.8, 4) is 0 Å². The molecule has 2 aromatic rings. The molecule has 4 heteroatoms. The molecule has 0 N–H and O–H groups in total. The molecule has 0 bridgehead atoms. The summed E-state index contributed by atoms with van der Waals surface area (Å²) in [4.78, 5) is 0. The fourth-order valence-electron chi connectivity index (χ4n) is 1.93. The Labute approximate surface area is 136 Å². The first-order chi connectivity index (χ1) is 6.54. The summed E-state index contributed by atoms with van der Waals surface area (Å²) in [7, 11) is -0.961. The second-order valence-electron chi connectivity index (χ2n) is 5.23. The van der Waals surface area contributed by atoms with Gasteiger partial charge in [-0.25, -0.2) is 0 Å². The number of halogens is 2. The largest absolute Gasteiger partial charge is 3.00 e. The topological polar surface area (TPSA) is 0 Å². The summed E-state index contributed by atoms with van der Waals surface area (Å²) in [6.45, 7) is 7.26. The Morgan fingerprint density at radius 2 is 1.65 bits per heavy atom. The number of benzene rings is 1. The van der Waals surface area contributed by atoms with Gasteiger partial charge in [0.15, 0.2) is 0 Å². The molecule has 0 fully saturated rings. The van der Waals surface area contributed by atoms with E-state index in [1.165, 1.54) is 22.4 Å². The molecule has 0 nitrogen and oxygen atoms in total. The van der Waals surface area contributed by atoms with Crippen LogP contribution in [0.2, 0.25) is 19.6 Å². The van der Waals surface area contributed by atoms with Crippen molar-refractivity contribution in [3.05, 3.63) is 42.0 Å². The van der Waals surface area contributed by atoms with Gasteiger partial charge < -0.3 is 24.8 Å². The first-order valence-corrected chi connectivity index (χ1v) is 8.90. The van der Waals surface area contributed by atoms with E-state index in [9.17, 15) is 0 Å². The summed E-state index contributed by atoms with van der Waals surface area (Å²) in [6.07, 6.45) is 0. The van der Waals surface area contributed by atoms with Crippen LogP contribution in [-0.4, -0.2) is 8.07 Å². The van der Waals surface area contributed by atoms with Gasteiger partial charge in [-0.15, -0.1) is 40.6 Å². The molecule has 0 aromatic heterocycles. The number of fused-ring (bicyclic) bond motifs is 1. The van der Waals surface area contributed by atoms with Crippen molar-refractivity contribution >= 4 is 18.8 Å². The smallest absolute Gasteiger partial charge is 1.00 e. The molecule has 2 aromatic carbocycles. The van der Waals surface area contributed by atoms with Crippen LogP contribution in [-0.2, 0) is 32.2 Å². The van der Waals surface area contributed by atoms with E-state index in [1.54, 1.807) is 0 Å². The van der Waals surface area contributed by atoms with Gasteiger partial charge in [0.1, 0.15) is 0 Å². The maximum atomic E-state index is 2.42. The molecule has 0 aliphatic carbocycles. The van der Waals surface area contributed by atoms with Crippen molar-refractivity contribution in [3.63, 3.8) is 0 Å². The van der Waals surface area contributed by atoms with Crippen LogP contribution in [0.3, 0.4) is 0 Å². The molecule has 0 amide bonds. The second-order valence-corrected chi connectivity index (χ2v) is 10.7. The zero-order chi connectivity index (χ0) is 10.2. The quantitative estimate of drug-likeness (QED) is 0.427. The SMILES string of the molecule is C[Si](C)(C)Cc1cc2ccccc2[cH-]1.[Cl-].[Cl-].[Zr+3]. The van der Waals surface area contributed by atoms with Gasteiger partial charge in [-0.1, -0.05) is 31.8 Å². The van der Waals surface area contributed by atoms with Gasteiger partial charge in [0.25, 0.3) is 0 Å². The summed E-state index contributed by atoms with van der Waals surface area (Å²) in [5.41, 5.74) is 1.52. The van der Waals surface area contributed by atoms with Crippen molar-refractivity contribution in [1.29, 1.82) is 0 Å². The van der Waals surface area contributed by atoms with Crippen LogP contribution in [0.1, 0.15) is 5.56 Å². The molecule has 2 rings (SSSR count). The Kier molecular flexibility index (Phi) is 9.15. The molecule has 0 aliphatic heterocycles. The fraction of sp³-hybridized carbons (Fsp3) is 0.308. The Bertz CT molecular complexity index is 413. The number of hydrogen-bond donors (Lipinski definition) is 0. The van der Waals surface area contributed by atoms with E-state index in [0.29, 0.717) is 0 Å². The average molecular weight is 363 g/mol. The molecule has 0 heterocycles. The third kappa shape index (κ3) is 5.79. The maximum Gasteiger partial charge on any atom is 3.00 e. The van der Waals surface area contributed by atoms with Gasteiger partial charge in [0, 0.05) is 8.07 Å². The summed E-state index contributed by atoms with van der Waals surface area (Å²) < 4.78 is 0. The van der Waals surface area contributed by atoms with E-state index in [2.05, 4.69) is 56.0 Å². The minimum absolute atomic E-state index is 0. The minimum atomic E-state index is -0.961. The summed E-state index contributed by atoms with van der Waals surface area (Å²) >= 11 is 0. The molecule has 1 radical (unpaired) electrons. The summed E-state index contributed by atoms with van der Waals surface area (Å²) in [6, 6.07) is 14.6. The van der Waals surface area contributed by atoms with Crippen LogP contribution in [0.15, 0.2) is 36.4 Å². The van der Waals surface area contributed by atoms with Gasteiger partial charge in [0.05, 0.1) is 0 Å². The standard InChI is InChI=1S/C13H17Si.2ClH.Zr/c1-14(2,3)10-11-8-12-6-4-5-7-13(12)9-11;;;/h4-9H,10H2,1-3H3;2*1H;/q-1;;;+3/p-2. The van der Waals surface area contributed by atoms with Gasteiger partial charge in [-0.2, -0.15) is 6.07 Å². The molecule has 17 heavy (non-hydrogen) atoms. The summed E-state index contributed by atoms with van der Waals surface area (Å²) in [5, 5.41) is 2.78. The minimum Gasteiger partial charge on any atom is -1.00 e. The van der Waals surface area contributed by atoms with Gasteiger partial charge in [0.2, 0.25) is 0 Å². The molecule has 0 unspecified atom stereocenters.